The Balaban J connectivity index is 0.00000196. The Bertz CT molecular complexity index is 360. The summed E-state index contributed by atoms with van der Waals surface area (Å²) < 4.78 is 5.34. The van der Waals surface area contributed by atoms with E-state index in [1.165, 1.54) is 7.11 Å². The van der Waals surface area contributed by atoms with Crippen LogP contribution in [0.4, 0.5) is 0 Å². The number of halogens is 3. The van der Waals surface area contributed by atoms with E-state index in [2.05, 4.69) is 20.7 Å². The Morgan fingerprint density at radius 2 is 2.20 bits per heavy atom. The van der Waals surface area contributed by atoms with Crippen LogP contribution in [0, 0.1) is 0 Å². The SMILES string of the molecule is COC(=O)[C@H](N)c1cc(Br)ccc1Cl.Cl. The molecule has 1 aromatic rings. The minimum absolute atomic E-state index is 0. The van der Waals surface area contributed by atoms with Gasteiger partial charge in [0.25, 0.3) is 0 Å². The van der Waals surface area contributed by atoms with Gasteiger partial charge in [-0.1, -0.05) is 27.5 Å². The van der Waals surface area contributed by atoms with Crippen LogP contribution in [-0.4, -0.2) is 13.1 Å². The van der Waals surface area contributed by atoms with Crippen LogP contribution in [0.5, 0.6) is 0 Å². The Labute approximate surface area is 107 Å². The summed E-state index contributed by atoms with van der Waals surface area (Å²) in [6.45, 7) is 0. The van der Waals surface area contributed by atoms with Crippen LogP contribution < -0.4 is 5.73 Å². The first-order chi connectivity index (χ1) is 6.56. The van der Waals surface area contributed by atoms with Crippen LogP contribution in [0.15, 0.2) is 22.7 Å². The van der Waals surface area contributed by atoms with Gasteiger partial charge >= 0.3 is 5.97 Å². The van der Waals surface area contributed by atoms with Gasteiger partial charge in [-0.3, -0.25) is 4.79 Å². The molecule has 0 fully saturated rings. The normalized spacial score (nSPS) is 11.5. The summed E-state index contributed by atoms with van der Waals surface area (Å²) in [6, 6.07) is 4.30. The Hall–Kier alpha value is -0.290. The molecule has 0 saturated heterocycles. The average Bonchev–Trinajstić information content (AvgIpc) is 2.19. The fourth-order valence-corrected chi connectivity index (χ4v) is 1.62. The lowest BCUT2D eigenvalue weighted by Gasteiger charge is -2.11. The van der Waals surface area contributed by atoms with Crippen molar-refractivity contribution in [2.75, 3.05) is 7.11 Å². The second kappa shape index (κ2) is 6.33. The minimum Gasteiger partial charge on any atom is -0.468 e. The van der Waals surface area contributed by atoms with Gasteiger partial charge in [-0.05, 0) is 23.8 Å². The topological polar surface area (TPSA) is 52.3 Å². The quantitative estimate of drug-likeness (QED) is 0.854. The highest BCUT2D eigenvalue weighted by molar-refractivity contribution is 9.10. The zero-order chi connectivity index (χ0) is 10.7. The predicted octanol–water partition coefficient (Wildman–Crippen LogP) is 2.70. The van der Waals surface area contributed by atoms with Crippen molar-refractivity contribution in [3.63, 3.8) is 0 Å². The number of esters is 1. The molecule has 0 bridgehead atoms. The van der Waals surface area contributed by atoms with Crippen LogP contribution in [0.2, 0.25) is 5.02 Å². The van der Waals surface area contributed by atoms with Crippen LogP contribution in [0.1, 0.15) is 11.6 Å². The summed E-state index contributed by atoms with van der Waals surface area (Å²) in [6.07, 6.45) is 0. The first kappa shape index (κ1) is 14.7. The van der Waals surface area contributed by atoms with Crippen molar-refractivity contribution >= 4 is 45.9 Å². The summed E-state index contributed by atoms with van der Waals surface area (Å²) in [7, 11) is 1.29. The van der Waals surface area contributed by atoms with E-state index >= 15 is 0 Å². The first-order valence-electron chi connectivity index (χ1n) is 3.84. The maximum absolute atomic E-state index is 11.2. The summed E-state index contributed by atoms with van der Waals surface area (Å²) in [5.74, 6) is -0.509. The molecular weight excluding hydrogens is 305 g/mol. The van der Waals surface area contributed by atoms with Gasteiger partial charge in [0.15, 0.2) is 0 Å². The second-order valence-electron chi connectivity index (χ2n) is 2.67. The molecular formula is C9H10BrCl2NO2. The summed E-state index contributed by atoms with van der Waals surface area (Å²) >= 11 is 9.15. The van der Waals surface area contributed by atoms with Crippen molar-refractivity contribution in [1.29, 1.82) is 0 Å². The molecule has 0 aliphatic heterocycles. The molecule has 1 atom stereocenters. The molecule has 0 heterocycles. The molecule has 0 radical (unpaired) electrons. The highest BCUT2D eigenvalue weighted by Gasteiger charge is 2.19. The summed E-state index contributed by atoms with van der Waals surface area (Å²) in [5, 5.41) is 0.450. The monoisotopic (exact) mass is 313 g/mol. The maximum Gasteiger partial charge on any atom is 0.327 e. The van der Waals surface area contributed by atoms with E-state index in [0.29, 0.717) is 10.6 Å². The lowest BCUT2D eigenvalue weighted by molar-refractivity contribution is -0.142. The average molecular weight is 315 g/mol. The molecule has 0 spiro atoms. The number of hydrogen-bond acceptors (Lipinski definition) is 3. The molecule has 15 heavy (non-hydrogen) atoms. The third-order valence-corrected chi connectivity index (χ3v) is 2.59. The lowest BCUT2D eigenvalue weighted by Crippen LogP contribution is -2.22. The summed E-state index contributed by atoms with van der Waals surface area (Å²) in [4.78, 5) is 11.2. The van der Waals surface area contributed by atoms with Gasteiger partial charge in [0.1, 0.15) is 6.04 Å². The lowest BCUT2D eigenvalue weighted by atomic mass is 10.1. The molecule has 0 amide bonds. The third kappa shape index (κ3) is 3.65. The highest BCUT2D eigenvalue weighted by Crippen LogP contribution is 2.25. The molecule has 1 rings (SSSR count). The number of nitrogens with two attached hydrogens (primary N) is 1. The van der Waals surface area contributed by atoms with E-state index in [0.717, 1.165) is 4.47 Å². The van der Waals surface area contributed by atoms with Crippen LogP contribution in [-0.2, 0) is 9.53 Å². The second-order valence-corrected chi connectivity index (χ2v) is 3.99. The van der Waals surface area contributed by atoms with Gasteiger partial charge in [-0.25, -0.2) is 0 Å². The van der Waals surface area contributed by atoms with Gasteiger partial charge in [0.05, 0.1) is 7.11 Å². The zero-order valence-electron chi connectivity index (χ0n) is 7.87. The predicted molar refractivity (Wildman–Crippen MR) is 65.3 cm³/mol. The third-order valence-electron chi connectivity index (χ3n) is 1.75. The van der Waals surface area contributed by atoms with E-state index in [1.54, 1.807) is 18.2 Å². The van der Waals surface area contributed by atoms with Crippen molar-refractivity contribution in [2.45, 2.75) is 6.04 Å². The number of ether oxygens (including phenoxy) is 1. The van der Waals surface area contributed by atoms with Crippen LogP contribution >= 0.6 is 39.9 Å². The minimum atomic E-state index is -0.843. The molecule has 0 aliphatic carbocycles. The van der Waals surface area contributed by atoms with Crippen molar-refractivity contribution in [1.82, 2.24) is 0 Å². The number of carbonyl (C=O) groups excluding carboxylic acids is 1. The fraction of sp³-hybridized carbons (Fsp3) is 0.222. The largest absolute Gasteiger partial charge is 0.468 e. The van der Waals surface area contributed by atoms with Crippen molar-refractivity contribution < 1.29 is 9.53 Å². The number of benzene rings is 1. The van der Waals surface area contributed by atoms with E-state index < -0.39 is 12.0 Å². The van der Waals surface area contributed by atoms with Gasteiger partial charge in [-0.15, -0.1) is 12.4 Å². The Kier molecular flexibility index (Phi) is 6.20. The molecule has 2 N–H and O–H groups in total. The number of rotatable bonds is 2. The Morgan fingerprint density at radius 3 is 2.73 bits per heavy atom. The molecule has 6 heteroatoms. The molecule has 3 nitrogen and oxygen atoms in total. The standard InChI is InChI=1S/C9H9BrClNO2.ClH/c1-14-9(13)8(12)6-4-5(10)2-3-7(6)11;/h2-4,8H,12H2,1H3;1H/t8-;/m1./s1. The van der Waals surface area contributed by atoms with Gasteiger partial charge < -0.3 is 10.5 Å². The number of methoxy groups -OCH3 is 1. The van der Waals surface area contributed by atoms with E-state index in [4.69, 9.17) is 17.3 Å². The van der Waals surface area contributed by atoms with Crippen LogP contribution in [0.3, 0.4) is 0 Å². The van der Waals surface area contributed by atoms with Crippen LogP contribution in [0.25, 0.3) is 0 Å². The molecule has 0 aliphatic rings. The van der Waals surface area contributed by atoms with Crippen molar-refractivity contribution in [3.8, 4) is 0 Å². The molecule has 0 saturated carbocycles. The molecule has 0 aromatic heterocycles. The number of carbonyl (C=O) groups is 1. The van der Waals surface area contributed by atoms with E-state index in [-0.39, 0.29) is 12.4 Å². The molecule has 0 unspecified atom stereocenters. The van der Waals surface area contributed by atoms with Gasteiger partial charge in [0.2, 0.25) is 0 Å². The fourth-order valence-electron chi connectivity index (χ4n) is 1.01. The molecule has 84 valence electrons. The Morgan fingerprint density at radius 1 is 1.60 bits per heavy atom. The summed E-state index contributed by atoms with van der Waals surface area (Å²) in [5.41, 5.74) is 6.19. The van der Waals surface area contributed by atoms with Crippen molar-refractivity contribution in [2.24, 2.45) is 5.73 Å². The number of hydrogen-bond donors (Lipinski definition) is 1. The first-order valence-corrected chi connectivity index (χ1v) is 5.01. The van der Waals surface area contributed by atoms with E-state index in [1.807, 2.05) is 0 Å². The van der Waals surface area contributed by atoms with Gasteiger partial charge in [0, 0.05) is 9.50 Å². The molecule has 1 aromatic carbocycles. The highest BCUT2D eigenvalue weighted by atomic mass is 79.9. The van der Waals surface area contributed by atoms with E-state index in [9.17, 15) is 4.79 Å². The zero-order valence-corrected chi connectivity index (χ0v) is 11.0. The smallest absolute Gasteiger partial charge is 0.327 e. The van der Waals surface area contributed by atoms with Gasteiger partial charge in [-0.2, -0.15) is 0 Å². The maximum atomic E-state index is 11.2. The van der Waals surface area contributed by atoms with Crippen molar-refractivity contribution in [3.05, 3.63) is 33.3 Å².